The van der Waals surface area contributed by atoms with Crippen LogP contribution in [0.5, 0.6) is 0 Å². The van der Waals surface area contributed by atoms with Crippen molar-refractivity contribution < 1.29 is 9.18 Å². The Hall–Kier alpha value is -4.08. The molecule has 0 bridgehead atoms. The Morgan fingerprint density at radius 1 is 1.17 bits per heavy atom. The van der Waals surface area contributed by atoms with Gasteiger partial charge in [-0.3, -0.25) is 19.3 Å². The summed E-state index contributed by atoms with van der Waals surface area (Å²) in [5.74, 6) is -0.727. The first kappa shape index (κ1) is 18.0. The maximum absolute atomic E-state index is 14.1. The van der Waals surface area contributed by atoms with Crippen LogP contribution in [0, 0.1) is 5.82 Å². The molecule has 0 radical (unpaired) electrons. The molecule has 0 atom stereocenters. The van der Waals surface area contributed by atoms with Crippen LogP contribution in [-0.2, 0) is 24.4 Å². The van der Waals surface area contributed by atoms with Crippen molar-refractivity contribution in [2.45, 2.75) is 19.6 Å². The number of amides is 1. The van der Waals surface area contributed by atoms with E-state index < -0.39 is 11.5 Å². The van der Waals surface area contributed by atoms with E-state index in [1.165, 1.54) is 32.4 Å². The van der Waals surface area contributed by atoms with E-state index in [2.05, 4.69) is 15.1 Å². The third-order valence-corrected chi connectivity index (χ3v) is 5.09. The number of H-pyrrole nitrogens is 1. The summed E-state index contributed by atoms with van der Waals surface area (Å²) < 4.78 is 16.5. The normalized spacial score (nSPS) is 13.0. The molecular weight excluding hydrogens is 391 g/mol. The van der Waals surface area contributed by atoms with Crippen molar-refractivity contribution in [3.8, 4) is 11.3 Å². The molecule has 0 aliphatic carbocycles. The second kappa shape index (κ2) is 6.76. The molecule has 0 fully saturated rings. The highest BCUT2D eigenvalue weighted by atomic mass is 19.1. The van der Waals surface area contributed by atoms with Crippen molar-refractivity contribution in [2.75, 3.05) is 0 Å². The number of halogens is 1. The molecule has 0 saturated carbocycles. The SMILES string of the molecule is O=C(Cn1cccnc1=O)N1Cc2nc3cc(-c4ccccc4F)[nH]n3c(=O)c2C1. The third-order valence-electron chi connectivity index (χ3n) is 5.09. The Morgan fingerprint density at radius 2 is 2.00 bits per heavy atom. The van der Waals surface area contributed by atoms with Gasteiger partial charge in [-0.25, -0.2) is 23.7 Å². The van der Waals surface area contributed by atoms with Gasteiger partial charge >= 0.3 is 5.69 Å². The van der Waals surface area contributed by atoms with Gasteiger partial charge < -0.3 is 4.90 Å². The molecule has 1 N–H and O–H groups in total. The number of benzene rings is 1. The number of nitrogens with one attached hydrogen (secondary N) is 1. The highest BCUT2D eigenvalue weighted by Crippen LogP contribution is 2.24. The fourth-order valence-corrected chi connectivity index (χ4v) is 3.57. The molecule has 150 valence electrons. The number of fused-ring (bicyclic) bond motifs is 2. The largest absolute Gasteiger partial charge is 0.347 e. The molecule has 5 rings (SSSR count). The van der Waals surface area contributed by atoms with Crippen molar-refractivity contribution in [3.05, 3.63) is 86.7 Å². The number of aromatic nitrogens is 5. The molecule has 4 heterocycles. The van der Waals surface area contributed by atoms with Gasteiger partial charge in [-0.15, -0.1) is 0 Å². The molecule has 1 aromatic carbocycles. The van der Waals surface area contributed by atoms with Crippen LogP contribution in [0.4, 0.5) is 4.39 Å². The monoisotopic (exact) mass is 406 g/mol. The lowest BCUT2D eigenvalue weighted by molar-refractivity contribution is -0.132. The van der Waals surface area contributed by atoms with Gasteiger partial charge in [0.2, 0.25) is 5.91 Å². The fraction of sp³-hybridized carbons (Fsp3) is 0.150. The minimum atomic E-state index is -0.519. The highest BCUT2D eigenvalue weighted by Gasteiger charge is 2.28. The second-order valence-electron chi connectivity index (χ2n) is 6.97. The van der Waals surface area contributed by atoms with E-state index in [-0.39, 0.29) is 31.1 Å². The van der Waals surface area contributed by atoms with Crippen molar-refractivity contribution in [2.24, 2.45) is 0 Å². The average Bonchev–Trinajstić information content (AvgIpc) is 3.35. The number of rotatable bonds is 3. The Labute approximate surface area is 168 Å². The zero-order valence-electron chi connectivity index (χ0n) is 15.6. The minimum Gasteiger partial charge on any atom is -0.331 e. The van der Waals surface area contributed by atoms with Crippen molar-refractivity contribution >= 4 is 11.6 Å². The Kier molecular flexibility index (Phi) is 4.05. The molecule has 10 heteroatoms. The van der Waals surface area contributed by atoms with E-state index in [0.717, 1.165) is 0 Å². The molecule has 9 nitrogen and oxygen atoms in total. The van der Waals surface area contributed by atoms with Crippen LogP contribution in [0.25, 0.3) is 16.9 Å². The van der Waals surface area contributed by atoms with Crippen molar-refractivity contribution in [1.82, 2.24) is 29.0 Å². The van der Waals surface area contributed by atoms with Crippen LogP contribution in [0.15, 0.2) is 58.4 Å². The smallest absolute Gasteiger partial charge is 0.331 e. The number of aromatic amines is 1. The predicted octanol–water partition coefficient (Wildman–Crippen LogP) is 0.928. The van der Waals surface area contributed by atoms with Gasteiger partial charge in [-0.2, -0.15) is 0 Å². The second-order valence-corrected chi connectivity index (χ2v) is 6.97. The Morgan fingerprint density at radius 3 is 2.80 bits per heavy atom. The van der Waals surface area contributed by atoms with Crippen molar-refractivity contribution in [1.29, 1.82) is 0 Å². The van der Waals surface area contributed by atoms with Crippen LogP contribution in [0.3, 0.4) is 0 Å². The lowest BCUT2D eigenvalue weighted by Crippen LogP contribution is -2.34. The average molecular weight is 406 g/mol. The summed E-state index contributed by atoms with van der Waals surface area (Å²) in [6.07, 6.45) is 2.84. The van der Waals surface area contributed by atoms with Crippen LogP contribution in [-0.4, -0.2) is 35.0 Å². The molecule has 0 spiro atoms. The minimum absolute atomic E-state index is 0.0893. The number of hydrogen-bond donors (Lipinski definition) is 1. The van der Waals surface area contributed by atoms with E-state index in [1.54, 1.807) is 30.3 Å². The van der Waals surface area contributed by atoms with Crippen LogP contribution in [0.2, 0.25) is 0 Å². The van der Waals surface area contributed by atoms with Gasteiger partial charge in [0, 0.05) is 24.0 Å². The molecule has 30 heavy (non-hydrogen) atoms. The van der Waals surface area contributed by atoms with E-state index in [1.807, 2.05) is 0 Å². The lowest BCUT2D eigenvalue weighted by atomic mass is 10.1. The number of carbonyl (C=O) groups excluding carboxylic acids is 1. The van der Waals surface area contributed by atoms with E-state index in [9.17, 15) is 18.8 Å². The third kappa shape index (κ3) is 2.89. The summed E-state index contributed by atoms with van der Waals surface area (Å²) in [6.45, 7) is 0.0818. The summed E-state index contributed by atoms with van der Waals surface area (Å²) >= 11 is 0. The molecule has 1 aliphatic heterocycles. The number of hydrogen-bond acceptors (Lipinski definition) is 5. The van der Waals surface area contributed by atoms with E-state index in [4.69, 9.17) is 0 Å². The first-order valence-corrected chi connectivity index (χ1v) is 9.19. The Balaban J connectivity index is 1.46. The molecule has 3 aromatic heterocycles. The summed E-state index contributed by atoms with van der Waals surface area (Å²) in [6, 6.07) is 9.41. The number of nitrogens with zero attached hydrogens (tertiary/aromatic N) is 5. The molecule has 1 amide bonds. The quantitative estimate of drug-likeness (QED) is 0.545. The topological polar surface area (TPSA) is 105 Å². The zero-order valence-corrected chi connectivity index (χ0v) is 15.6. The van der Waals surface area contributed by atoms with Crippen LogP contribution < -0.4 is 11.2 Å². The first-order valence-electron chi connectivity index (χ1n) is 9.19. The summed E-state index contributed by atoms with van der Waals surface area (Å²) in [7, 11) is 0. The first-order chi connectivity index (χ1) is 14.5. The van der Waals surface area contributed by atoms with Crippen LogP contribution >= 0.6 is 0 Å². The summed E-state index contributed by atoms with van der Waals surface area (Å²) in [5, 5.41) is 2.89. The molecular formula is C20H15FN6O3. The molecule has 1 aliphatic rings. The molecule has 0 unspecified atom stereocenters. The molecule has 0 saturated heterocycles. The summed E-state index contributed by atoms with van der Waals surface area (Å²) in [4.78, 5) is 46.8. The van der Waals surface area contributed by atoms with Gasteiger partial charge in [0.1, 0.15) is 12.4 Å². The fourth-order valence-electron chi connectivity index (χ4n) is 3.57. The van der Waals surface area contributed by atoms with Crippen LogP contribution in [0.1, 0.15) is 11.3 Å². The van der Waals surface area contributed by atoms with Crippen molar-refractivity contribution in [3.63, 3.8) is 0 Å². The van der Waals surface area contributed by atoms with Gasteiger partial charge in [-0.1, -0.05) is 12.1 Å². The number of carbonyl (C=O) groups is 1. The highest BCUT2D eigenvalue weighted by molar-refractivity contribution is 5.76. The van der Waals surface area contributed by atoms with Gasteiger partial charge in [-0.05, 0) is 18.2 Å². The predicted molar refractivity (Wildman–Crippen MR) is 104 cm³/mol. The summed E-state index contributed by atoms with van der Waals surface area (Å²) in [5.41, 5.74) is 1.13. The van der Waals surface area contributed by atoms with E-state index >= 15 is 0 Å². The maximum atomic E-state index is 14.1. The Bertz CT molecular complexity index is 1420. The maximum Gasteiger partial charge on any atom is 0.347 e. The molecule has 4 aromatic rings. The van der Waals surface area contributed by atoms with Gasteiger partial charge in [0.25, 0.3) is 5.56 Å². The van der Waals surface area contributed by atoms with Gasteiger partial charge in [0.05, 0.1) is 30.0 Å². The van der Waals surface area contributed by atoms with E-state index in [0.29, 0.717) is 28.2 Å². The standard InChI is InChI=1S/C20H15FN6O3/c21-14-5-2-1-4-12(14)15-8-17-23-16-10-26(9-13(16)19(29)27(17)24-15)18(28)11-25-7-3-6-22-20(25)30/h1-8,24H,9-11H2. The zero-order chi connectivity index (χ0) is 20.8. The lowest BCUT2D eigenvalue weighted by Gasteiger charge is -2.15. The van der Waals surface area contributed by atoms with Gasteiger partial charge in [0.15, 0.2) is 5.65 Å².